The van der Waals surface area contributed by atoms with E-state index in [-0.39, 0.29) is 0 Å². The Morgan fingerprint density at radius 1 is 0.439 bits per heavy atom. The topological polar surface area (TPSA) is 47.5 Å². The van der Waals surface area contributed by atoms with Crippen LogP contribution in [-0.4, -0.2) is 24.2 Å². The maximum atomic E-state index is 5.39. The van der Waals surface area contributed by atoms with Gasteiger partial charge in [-0.2, -0.15) is 0 Å². The van der Waals surface area contributed by atoms with Gasteiger partial charge in [-0.15, -0.1) is 0 Å². The number of rotatable bonds is 8. The van der Waals surface area contributed by atoms with Gasteiger partial charge in [-0.3, -0.25) is 9.97 Å². The van der Waals surface area contributed by atoms with Crippen molar-refractivity contribution in [3.63, 3.8) is 0 Å². The van der Waals surface area contributed by atoms with E-state index in [1.807, 2.05) is 73.1 Å². The zero-order valence-corrected chi connectivity index (χ0v) is 22.9. The molecule has 0 aliphatic rings. The minimum Gasteiger partial charge on any atom is -0.497 e. The van der Waals surface area contributed by atoms with Crippen molar-refractivity contribution >= 4 is 17.1 Å². The Bertz CT molecular complexity index is 1610. The van der Waals surface area contributed by atoms with Gasteiger partial charge in [0, 0.05) is 40.6 Å². The molecule has 0 bridgehead atoms. The molecular formula is C36H29N3O2. The SMILES string of the molecule is COc1ccc(N(c2ccc(OC)cc2)c2ccc(-c3cc(-c4ccccn4)cc(-c4ccccn4)c3)cc2)cc1. The summed E-state index contributed by atoms with van der Waals surface area (Å²) in [5.41, 5.74) is 9.24. The molecule has 2 aromatic heterocycles. The van der Waals surface area contributed by atoms with E-state index in [9.17, 15) is 0 Å². The maximum Gasteiger partial charge on any atom is 0.119 e. The predicted octanol–water partition coefficient (Wildman–Crippen LogP) is 8.96. The van der Waals surface area contributed by atoms with Crippen LogP contribution in [0.4, 0.5) is 17.1 Å². The predicted molar refractivity (Wildman–Crippen MR) is 166 cm³/mol. The highest BCUT2D eigenvalue weighted by Crippen LogP contribution is 2.38. The van der Waals surface area contributed by atoms with Crippen LogP contribution in [0.3, 0.4) is 0 Å². The van der Waals surface area contributed by atoms with E-state index in [0.29, 0.717) is 0 Å². The molecule has 0 saturated carbocycles. The van der Waals surface area contributed by atoms with Crippen LogP contribution < -0.4 is 14.4 Å². The third kappa shape index (κ3) is 5.65. The van der Waals surface area contributed by atoms with Crippen molar-refractivity contribution in [2.45, 2.75) is 0 Å². The molecule has 41 heavy (non-hydrogen) atoms. The number of hydrogen-bond donors (Lipinski definition) is 0. The molecule has 0 atom stereocenters. The van der Waals surface area contributed by atoms with Crippen LogP contribution in [0.15, 0.2) is 140 Å². The Kier molecular flexibility index (Phi) is 7.41. The summed E-state index contributed by atoms with van der Waals surface area (Å²) >= 11 is 0. The first kappa shape index (κ1) is 25.8. The van der Waals surface area contributed by atoms with Gasteiger partial charge in [0.25, 0.3) is 0 Å². The molecule has 0 aliphatic heterocycles. The molecule has 0 fully saturated rings. The van der Waals surface area contributed by atoms with E-state index < -0.39 is 0 Å². The maximum absolute atomic E-state index is 5.39. The molecule has 6 aromatic rings. The quantitative estimate of drug-likeness (QED) is 0.195. The number of pyridine rings is 2. The summed E-state index contributed by atoms with van der Waals surface area (Å²) < 4.78 is 10.8. The average molecular weight is 536 g/mol. The number of hydrogen-bond acceptors (Lipinski definition) is 5. The zero-order chi connectivity index (χ0) is 28.0. The molecule has 5 heteroatoms. The number of benzene rings is 4. The number of anilines is 3. The second-order valence-electron chi connectivity index (χ2n) is 9.51. The Morgan fingerprint density at radius 3 is 1.24 bits per heavy atom. The Labute approximate surface area is 240 Å². The summed E-state index contributed by atoms with van der Waals surface area (Å²) in [6.07, 6.45) is 3.65. The Morgan fingerprint density at radius 2 is 0.854 bits per heavy atom. The summed E-state index contributed by atoms with van der Waals surface area (Å²) in [6.45, 7) is 0. The van der Waals surface area contributed by atoms with Crippen LogP contribution in [0.2, 0.25) is 0 Å². The fraction of sp³-hybridized carbons (Fsp3) is 0.0556. The molecule has 0 spiro atoms. The molecule has 5 nitrogen and oxygen atoms in total. The molecule has 0 radical (unpaired) electrons. The lowest BCUT2D eigenvalue weighted by molar-refractivity contribution is 0.415. The molecule has 4 aromatic carbocycles. The molecule has 0 N–H and O–H groups in total. The second kappa shape index (κ2) is 11.8. The summed E-state index contributed by atoms with van der Waals surface area (Å²) in [5, 5.41) is 0. The molecule has 0 amide bonds. The summed E-state index contributed by atoms with van der Waals surface area (Å²) in [5.74, 6) is 1.63. The fourth-order valence-electron chi connectivity index (χ4n) is 4.87. The normalized spacial score (nSPS) is 10.7. The lowest BCUT2D eigenvalue weighted by atomic mass is 9.96. The van der Waals surface area contributed by atoms with Gasteiger partial charge in [-0.05, 0) is 114 Å². The van der Waals surface area contributed by atoms with Gasteiger partial charge >= 0.3 is 0 Å². The van der Waals surface area contributed by atoms with Gasteiger partial charge in [0.2, 0.25) is 0 Å². The molecule has 0 unspecified atom stereocenters. The lowest BCUT2D eigenvalue weighted by Gasteiger charge is -2.26. The summed E-state index contributed by atoms with van der Waals surface area (Å²) in [4.78, 5) is 11.4. The highest BCUT2D eigenvalue weighted by atomic mass is 16.5. The molecular weight excluding hydrogens is 506 g/mol. The molecule has 2 heterocycles. The van der Waals surface area contributed by atoms with Crippen LogP contribution in [0, 0.1) is 0 Å². The zero-order valence-electron chi connectivity index (χ0n) is 22.9. The van der Waals surface area contributed by atoms with Crippen molar-refractivity contribution in [2.75, 3.05) is 19.1 Å². The summed E-state index contributed by atoms with van der Waals surface area (Å²) in [7, 11) is 3.36. The van der Waals surface area contributed by atoms with Crippen molar-refractivity contribution in [1.82, 2.24) is 9.97 Å². The Hall–Kier alpha value is -5.42. The highest BCUT2D eigenvalue weighted by molar-refractivity contribution is 5.82. The van der Waals surface area contributed by atoms with E-state index >= 15 is 0 Å². The van der Waals surface area contributed by atoms with Crippen molar-refractivity contribution in [3.05, 3.63) is 140 Å². The smallest absolute Gasteiger partial charge is 0.119 e. The first-order valence-corrected chi connectivity index (χ1v) is 13.4. The molecule has 6 rings (SSSR count). The standard InChI is InChI=1S/C36H29N3O2/c1-40-33-17-13-31(14-18-33)39(32-15-19-34(41-2)20-16-32)30-11-9-26(10-12-30)27-23-28(35-7-3-5-21-37-35)25-29(24-27)36-8-4-6-22-38-36/h3-25H,1-2H3. The number of ether oxygens (including phenoxy) is 2. The van der Waals surface area contributed by atoms with E-state index in [1.165, 1.54) is 0 Å². The molecule has 0 aliphatic carbocycles. The van der Waals surface area contributed by atoms with Crippen LogP contribution in [0.5, 0.6) is 11.5 Å². The van der Waals surface area contributed by atoms with Crippen LogP contribution >= 0.6 is 0 Å². The minimum absolute atomic E-state index is 0.815. The number of methoxy groups -OCH3 is 2. The van der Waals surface area contributed by atoms with Gasteiger partial charge in [0.1, 0.15) is 11.5 Å². The van der Waals surface area contributed by atoms with Crippen LogP contribution in [-0.2, 0) is 0 Å². The number of aromatic nitrogens is 2. The number of nitrogens with zero attached hydrogens (tertiary/aromatic N) is 3. The first-order chi connectivity index (χ1) is 20.2. The van der Waals surface area contributed by atoms with Gasteiger partial charge in [-0.25, -0.2) is 0 Å². The summed E-state index contributed by atoms with van der Waals surface area (Å²) in [6, 6.07) is 43.3. The molecule has 200 valence electrons. The van der Waals surface area contributed by atoms with Crippen LogP contribution in [0.25, 0.3) is 33.6 Å². The van der Waals surface area contributed by atoms with Crippen LogP contribution in [0.1, 0.15) is 0 Å². The molecule has 0 saturated heterocycles. The monoisotopic (exact) mass is 535 g/mol. The van der Waals surface area contributed by atoms with E-state index in [0.717, 1.165) is 62.2 Å². The highest BCUT2D eigenvalue weighted by Gasteiger charge is 2.14. The van der Waals surface area contributed by atoms with E-state index in [4.69, 9.17) is 9.47 Å². The van der Waals surface area contributed by atoms with Gasteiger partial charge in [-0.1, -0.05) is 24.3 Å². The van der Waals surface area contributed by atoms with Gasteiger partial charge < -0.3 is 14.4 Å². The van der Waals surface area contributed by atoms with Gasteiger partial charge in [0.05, 0.1) is 25.6 Å². The lowest BCUT2D eigenvalue weighted by Crippen LogP contribution is -2.09. The largest absolute Gasteiger partial charge is 0.497 e. The third-order valence-electron chi connectivity index (χ3n) is 6.97. The van der Waals surface area contributed by atoms with Crippen molar-refractivity contribution in [2.24, 2.45) is 0 Å². The third-order valence-corrected chi connectivity index (χ3v) is 6.97. The second-order valence-corrected chi connectivity index (χ2v) is 9.51. The minimum atomic E-state index is 0.815. The van der Waals surface area contributed by atoms with Gasteiger partial charge in [0.15, 0.2) is 0 Å². The first-order valence-electron chi connectivity index (χ1n) is 13.4. The van der Waals surface area contributed by atoms with Crippen molar-refractivity contribution in [1.29, 1.82) is 0 Å². The van der Waals surface area contributed by atoms with Crippen molar-refractivity contribution in [3.8, 4) is 45.1 Å². The average Bonchev–Trinajstić information content (AvgIpc) is 3.06. The van der Waals surface area contributed by atoms with E-state index in [1.54, 1.807) is 14.2 Å². The fourth-order valence-corrected chi connectivity index (χ4v) is 4.87. The van der Waals surface area contributed by atoms with Crippen molar-refractivity contribution < 1.29 is 9.47 Å². The Balaban J connectivity index is 1.42. The van der Waals surface area contributed by atoms with E-state index in [2.05, 4.69) is 81.6 Å².